The van der Waals surface area contributed by atoms with Crippen molar-refractivity contribution >= 4 is 22.7 Å². The van der Waals surface area contributed by atoms with Crippen molar-refractivity contribution in [2.24, 2.45) is 0 Å². The van der Waals surface area contributed by atoms with E-state index >= 15 is 0 Å². The maximum Gasteiger partial charge on any atom is 0.255 e. The average molecular weight is 400 g/mol. The Morgan fingerprint density at radius 2 is 1.70 bits per heavy atom. The van der Waals surface area contributed by atoms with Crippen molar-refractivity contribution in [2.75, 3.05) is 12.1 Å². The van der Waals surface area contributed by atoms with Gasteiger partial charge < -0.3 is 19.2 Å². The second-order valence-corrected chi connectivity index (χ2v) is 7.48. The molecule has 1 N–H and O–H groups in total. The Morgan fingerprint density at radius 1 is 0.900 bits per heavy atom. The molecular weight excluding hydrogens is 380 g/mol. The van der Waals surface area contributed by atoms with Crippen LogP contribution in [0.25, 0.3) is 22.6 Å². The Balaban J connectivity index is 1.45. The molecule has 6 heteroatoms. The highest BCUT2D eigenvalue weighted by molar-refractivity contribution is 6.05. The first-order chi connectivity index (χ1) is 14.5. The number of carbonyl (C=O) groups excluding carboxylic acids is 1. The summed E-state index contributed by atoms with van der Waals surface area (Å²) in [5.74, 6) is 1.52. The van der Waals surface area contributed by atoms with Crippen LogP contribution in [0.4, 0.5) is 5.69 Å². The number of ether oxygens (including phenoxy) is 2. The molecule has 4 aromatic rings. The number of rotatable bonds is 3. The van der Waals surface area contributed by atoms with E-state index in [0.29, 0.717) is 28.6 Å². The molecule has 0 bridgehead atoms. The fourth-order valence-corrected chi connectivity index (χ4v) is 3.43. The van der Waals surface area contributed by atoms with Crippen LogP contribution in [0.1, 0.15) is 27.0 Å². The van der Waals surface area contributed by atoms with Crippen LogP contribution >= 0.6 is 0 Å². The van der Waals surface area contributed by atoms with Crippen LogP contribution in [0, 0.1) is 20.8 Å². The van der Waals surface area contributed by atoms with Crippen molar-refractivity contribution in [1.29, 1.82) is 0 Å². The fraction of sp³-hybridized carbons (Fsp3) is 0.167. The smallest absolute Gasteiger partial charge is 0.255 e. The molecule has 0 aliphatic carbocycles. The van der Waals surface area contributed by atoms with Gasteiger partial charge in [-0.1, -0.05) is 6.07 Å². The summed E-state index contributed by atoms with van der Waals surface area (Å²) in [4.78, 5) is 17.4. The number of hydrogen-bond donors (Lipinski definition) is 1. The lowest BCUT2D eigenvalue weighted by molar-refractivity contribution is 0.102. The Morgan fingerprint density at radius 3 is 2.57 bits per heavy atom. The van der Waals surface area contributed by atoms with Crippen LogP contribution in [-0.2, 0) is 0 Å². The third-order valence-electron chi connectivity index (χ3n) is 5.37. The van der Waals surface area contributed by atoms with Crippen LogP contribution in [0.5, 0.6) is 11.5 Å². The Labute approximate surface area is 173 Å². The van der Waals surface area contributed by atoms with Gasteiger partial charge in [0.15, 0.2) is 17.1 Å². The Hall–Kier alpha value is -3.80. The molecule has 3 aromatic carbocycles. The molecule has 0 spiro atoms. The normalized spacial score (nSPS) is 12.4. The third kappa shape index (κ3) is 3.16. The largest absolute Gasteiger partial charge is 0.454 e. The van der Waals surface area contributed by atoms with E-state index in [2.05, 4.69) is 17.2 Å². The van der Waals surface area contributed by atoms with E-state index in [-0.39, 0.29) is 12.7 Å². The summed E-state index contributed by atoms with van der Waals surface area (Å²) in [6, 6.07) is 14.9. The average Bonchev–Trinajstić information content (AvgIpc) is 3.36. The zero-order chi connectivity index (χ0) is 20.8. The second kappa shape index (κ2) is 6.91. The number of nitrogens with one attached hydrogen (secondary N) is 1. The lowest BCUT2D eigenvalue weighted by Crippen LogP contribution is -2.12. The van der Waals surface area contributed by atoms with Crippen molar-refractivity contribution in [3.63, 3.8) is 0 Å². The molecule has 150 valence electrons. The fourth-order valence-electron chi connectivity index (χ4n) is 3.43. The van der Waals surface area contributed by atoms with E-state index in [9.17, 15) is 4.79 Å². The lowest BCUT2D eigenvalue weighted by Gasteiger charge is -2.10. The predicted molar refractivity (Wildman–Crippen MR) is 114 cm³/mol. The number of aromatic nitrogens is 1. The van der Waals surface area contributed by atoms with Crippen LogP contribution in [0.2, 0.25) is 0 Å². The van der Waals surface area contributed by atoms with Crippen LogP contribution in [0.3, 0.4) is 0 Å². The van der Waals surface area contributed by atoms with E-state index < -0.39 is 0 Å². The summed E-state index contributed by atoms with van der Waals surface area (Å²) >= 11 is 0. The Bertz CT molecular complexity index is 1270. The van der Waals surface area contributed by atoms with Gasteiger partial charge in [0.25, 0.3) is 5.91 Å². The SMILES string of the molecule is Cc1cc2nc(-c3ccc(C)c(NC(=O)c4ccc5c(c4)OCO5)c3)oc2cc1C. The third-order valence-corrected chi connectivity index (χ3v) is 5.37. The molecule has 1 aromatic heterocycles. The van der Waals surface area contributed by atoms with Crippen LogP contribution in [0.15, 0.2) is 52.9 Å². The summed E-state index contributed by atoms with van der Waals surface area (Å²) in [7, 11) is 0. The number of fused-ring (bicyclic) bond motifs is 2. The lowest BCUT2D eigenvalue weighted by atomic mass is 10.1. The first-order valence-electron chi connectivity index (χ1n) is 9.68. The maximum absolute atomic E-state index is 12.8. The van der Waals surface area contributed by atoms with Gasteiger partial charge in [-0.3, -0.25) is 4.79 Å². The van der Waals surface area contributed by atoms with Gasteiger partial charge in [0.1, 0.15) is 5.52 Å². The molecule has 1 amide bonds. The number of aryl methyl sites for hydroxylation is 3. The summed E-state index contributed by atoms with van der Waals surface area (Å²) in [6.45, 7) is 6.22. The van der Waals surface area contributed by atoms with E-state index in [4.69, 9.17) is 13.9 Å². The van der Waals surface area contributed by atoms with Crippen molar-refractivity contribution < 1.29 is 18.7 Å². The number of hydrogen-bond acceptors (Lipinski definition) is 5. The molecule has 1 aliphatic rings. The van der Waals surface area contributed by atoms with Gasteiger partial charge in [-0.25, -0.2) is 4.98 Å². The van der Waals surface area contributed by atoms with E-state index in [1.165, 1.54) is 5.56 Å². The highest BCUT2D eigenvalue weighted by Gasteiger charge is 2.17. The van der Waals surface area contributed by atoms with Crippen LogP contribution in [-0.4, -0.2) is 17.7 Å². The molecule has 0 saturated heterocycles. The Kier molecular flexibility index (Phi) is 4.20. The topological polar surface area (TPSA) is 73.6 Å². The number of oxazole rings is 1. The van der Waals surface area contributed by atoms with Gasteiger partial charge in [-0.05, 0) is 79.9 Å². The van der Waals surface area contributed by atoms with Crippen LogP contribution < -0.4 is 14.8 Å². The zero-order valence-electron chi connectivity index (χ0n) is 16.9. The maximum atomic E-state index is 12.8. The zero-order valence-corrected chi connectivity index (χ0v) is 16.9. The van der Waals surface area contributed by atoms with E-state index in [1.807, 2.05) is 44.2 Å². The summed E-state index contributed by atoms with van der Waals surface area (Å²) in [6.07, 6.45) is 0. The molecule has 1 aliphatic heterocycles. The van der Waals surface area contributed by atoms with Gasteiger partial charge in [0.2, 0.25) is 12.7 Å². The van der Waals surface area contributed by atoms with E-state index in [0.717, 1.165) is 27.8 Å². The minimum absolute atomic E-state index is 0.172. The van der Waals surface area contributed by atoms with Gasteiger partial charge >= 0.3 is 0 Å². The number of amides is 1. The van der Waals surface area contributed by atoms with Gasteiger partial charge in [0.05, 0.1) is 0 Å². The van der Waals surface area contributed by atoms with Gasteiger partial charge in [-0.15, -0.1) is 0 Å². The van der Waals surface area contributed by atoms with E-state index in [1.54, 1.807) is 18.2 Å². The quantitative estimate of drug-likeness (QED) is 0.498. The van der Waals surface area contributed by atoms with Crippen molar-refractivity contribution in [3.8, 4) is 23.0 Å². The molecule has 0 fully saturated rings. The van der Waals surface area contributed by atoms with Gasteiger partial charge in [0, 0.05) is 16.8 Å². The highest BCUT2D eigenvalue weighted by atomic mass is 16.7. The first-order valence-corrected chi connectivity index (χ1v) is 9.68. The standard InChI is InChI=1S/C24H20N2O4/c1-13-4-5-17(24-26-19-8-14(2)15(3)9-21(19)30-24)10-18(13)25-23(27)16-6-7-20-22(11-16)29-12-28-20/h4-11H,12H2,1-3H3,(H,25,27). The molecule has 0 radical (unpaired) electrons. The van der Waals surface area contributed by atoms with Crippen molar-refractivity contribution in [1.82, 2.24) is 4.98 Å². The monoisotopic (exact) mass is 400 g/mol. The summed E-state index contributed by atoms with van der Waals surface area (Å²) in [5, 5.41) is 2.98. The molecule has 30 heavy (non-hydrogen) atoms. The molecule has 0 atom stereocenters. The number of carbonyl (C=O) groups is 1. The summed E-state index contributed by atoms with van der Waals surface area (Å²) in [5.41, 5.74) is 6.83. The minimum atomic E-state index is -0.225. The highest BCUT2D eigenvalue weighted by Crippen LogP contribution is 2.33. The van der Waals surface area contributed by atoms with Crippen molar-refractivity contribution in [3.05, 3.63) is 70.8 Å². The first kappa shape index (κ1) is 18.2. The molecule has 5 rings (SSSR count). The molecule has 6 nitrogen and oxygen atoms in total. The predicted octanol–water partition coefficient (Wildman–Crippen LogP) is 5.40. The second-order valence-electron chi connectivity index (χ2n) is 7.48. The molecule has 0 unspecified atom stereocenters. The van der Waals surface area contributed by atoms with Crippen molar-refractivity contribution in [2.45, 2.75) is 20.8 Å². The number of anilines is 1. The summed E-state index contributed by atoms with van der Waals surface area (Å²) < 4.78 is 16.6. The minimum Gasteiger partial charge on any atom is -0.454 e. The van der Waals surface area contributed by atoms with Gasteiger partial charge in [-0.2, -0.15) is 0 Å². The number of benzene rings is 3. The number of nitrogens with zero attached hydrogens (tertiary/aromatic N) is 1. The molecular formula is C24H20N2O4. The molecule has 2 heterocycles. The molecule has 0 saturated carbocycles.